The predicted octanol–water partition coefficient (Wildman–Crippen LogP) is 4.22. The number of aliphatic hydroxyl groups is 1. The minimum Gasteiger partial charge on any atom is -0.495 e. The largest absolute Gasteiger partial charge is 0.495 e. The van der Waals surface area contributed by atoms with Crippen LogP contribution in [0.4, 0.5) is 0 Å². The van der Waals surface area contributed by atoms with Crippen molar-refractivity contribution in [1.29, 1.82) is 0 Å². The lowest BCUT2D eigenvalue weighted by molar-refractivity contribution is -0.142. The Morgan fingerprint density at radius 3 is 2.52 bits per heavy atom. The zero-order valence-corrected chi connectivity index (χ0v) is 18.2. The smallest absolute Gasteiger partial charge is 0.307 e. The minimum absolute atomic E-state index is 0.0225. The van der Waals surface area contributed by atoms with Crippen molar-refractivity contribution in [2.75, 3.05) is 7.11 Å². The summed E-state index contributed by atoms with van der Waals surface area (Å²) in [6, 6.07) is 16.8. The number of aromatic nitrogens is 1. The van der Waals surface area contributed by atoms with Crippen LogP contribution in [0.1, 0.15) is 29.0 Å². The Labute approximate surface area is 187 Å². The number of rotatable bonds is 4. The second kappa shape index (κ2) is 7.07. The van der Waals surface area contributed by atoms with E-state index in [1.165, 1.54) is 13.3 Å². The van der Waals surface area contributed by atoms with Crippen molar-refractivity contribution in [1.82, 2.24) is 4.98 Å². The molecule has 3 aromatic rings. The van der Waals surface area contributed by atoms with Gasteiger partial charge in [-0.2, -0.15) is 0 Å². The molecule has 7 heteroatoms. The molecule has 0 spiro atoms. The second-order valence-corrected chi connectivity index (χ2v) is 8.87. The number of hydrogen-bond donors (Lipinski definition) is 2. The zero-order chi connectivity index (χ0) is 21.8. The summed E-state index contributed by atoms with van der Waals surface area (Å²) in [5.41, 5.74) is -1.08. The summed E-state index contributed by atoms with van der Waals surface area (Å²) in [5, 5.41) is 22.5. The van der Waals surface area contributed by atoms with Gasteiger partial charge in [-0.3, -0.25) is 9.78 Å². The maximum Gasteiger partial charge on any atom is 0.307 e. The number of aliphatic carboxylic acids is 1. The highest BCUT2D eigenvalue weighted by molar-refractivity contribution is 9.10. The first-order valence-electron chi connectivity index (χ1n) is 9.90. The van der Waals surface area contributed by atoms with Crippen LogP contribution in [-0.4, -0.2) is 28.3 Å². The Morgan fingerprint density at radius 2 is 1.87 bits per heavy atom. The van der Waals surface area contributed by atoms with E-state index in [2.05, 4.69) is 20.9 Å². The van der Waals surface area contributed by atoms with E-state index < -0.39 is 29.0 Å². The third-order valence-corrected chi connectivity index (χ3v) is 7.03. The van der Waals surface area contributed by atoms with E-state index >= 15 is 0 Å². The molecule has 0 bridgehead atoms. The van der Waals surface area contributed by atoms with Crippen molar-refractivity contribution in [2.45, 2.75) is 23.5 Å². The van der Waals surface area contributed by atoms with E-state index in [0.29, 0.717) is 22.6 Å². The number of nitrogens with zero attached hydrogens (tertiary/aromatic N) is 1. The molecule has 2 aromatic carbocycles. The van der Waals surface area contributed by atoms with Crippen LogP contribution in [0.5, 0.6) is 11.5 Å². The summed E-state index contributed by atoms with van der Waals surface area (Å²) < 4.78 is 12.9. The minimum atomic E-state index is -1.63. The average molecular weight is 482 g/mol. The van der Waals surface area contributed by atoms with Gasteiger partial charge in [0.25, 0.3) is 0 Å². The molecule has 158 valence electrons. The van der Waals surface area contributed by atoms with Crippen molar-refractivity contribution in [3.8, 4) is 11.5 Å². The van der Waals surface area contributed by atoms with E-state index in [4.69, 9.17) is 9.47 Å². The summed E-state index contributed by atoms with van der Waals surface area (Å²) in [6.07, 6.45) is 3.04. The van der Waals surface area contributed by atoms with Crippen molar-refractivity contribution >= 4 is 21.9 Å². The molecule has 1 aromatic heterocycles. The first-order valence-corrected chi connectivity index (χ1v) is 10.7. The fraction of sp³-hybridized carbons (Fsp3) is 0.250. The van der Waals surface area contributed by atoms with Gasteiger partial charge in [0.1, 0.15) is 17.1 Å². The van der Waals surface area contributed by atoms with Gasteiger partial charge in [-0.1, -0.05) is 58.4 Å². The highest BCUT2D eigenvalue weighted by atomic mass is 79.9. The number of fused-ring (bicyclic) bond motifs is 3. The van der Waals surface area contributed by atoms with Gasteiger partial charge in [0.2, 0.25) is 0 Å². The number of carbonyl (C=O) groups is 1. The van der Waals surface area contributed by atoms with Gasteiger partial charge in [0.15, 0.2) is 5.60 Å². The number of benzene rings is 2. The number of carboxylic acids is 1. The molecular formula is C24H20BrNO5. The lowest BCUT2D eigenvalue weighted by atomic mass is 9.71. The molecule has 1 aliphatic carbocycles. The summed E-state index contributed by atoms with van der Waals surface area (Å²) in [7, 11) is 1.50. The molecule has 2 heterocycles. The Morgan fingerprint density at radius 1 is 1.16 bits per heavy atom. The Balaban J connectivity index is 1.85. The van der Waals surface area contributed by atoms with Gasteiger partial charge < -0.3 is 19.7 Å². The van der Waals surface area contributed by atoms with Gasteiger partial charge in [0.05, 0.1) is 31.0 Å². The van der Waals surface area contributed by atoms with Gasteiger partial charge in [-0.05, 0) is 29.7 Å². The lowest BCUT2D eigenvalue weighted by Gasteiger charge is -2.40. The molecule has 1 aliphatic heterocycles. The van der Waals surface area contributed by atoms with E-state index in [1.807, 2.05) is 54.6 Å². The van der Waals surface area contributed by atoms with E-state index in [-0.39, 0.29) is 6.42 Å². The fourth-order valence-electron chi connectivity index (χ4n) is 5.33. The normalized spacial score (nSPS) is 28.5. The van der Waals surface area contributed by atoms with Crippen molar-refractivity contribution < 1.29 is 24.5 Å². The first kappa shape index (κ1) is 20.0. The number of carboxylic acid groups (broad SMARTS) is 1. The van der Waals surface area contributed by atoms with Crippen molar-refractivity contribution in [2.24, 2.45) is 5.92 Å². The first-order chi connectivity index (χ1) is 14.9. The molecule has 0 saturated heterocycles. The van der Waals surface area contributed by atoms with Crippen LogP contribution in [0, 0.1) is 5.92 Å². The maximum absolute atomic E-state index is 12.4. The van der Waals surface area contributed by atoms with E-state index in [9.17, 15) is 15.0 Å². The summed E-state index contributed by atoms with van der Waals surface area (Å²) in [4.78, 5) is 16.6. The number of pyridine rings is 1. The molecule has 2 N–H and O–H groups in total. The van der Waals surface area contributed by atoms with Crippen LogP contribution < -0.4 is 9.47 Å². The van der Waals surface area contributed by atoms with Crippen molar-refractivity contribution in [3.05, 3.63) is 88.2 Å². The Bertz CT molecular complexity index is 1150. The summed E-state index contributed by atoms with van der Waals surface area (Å²) in [5.74, 6) is -1.73. The zero-order valence-electron chi connectivity index (χ0n) is 16.7. The third kappa shape index (κ3) is 2.66. The fourth-order valence-corrected chi connectivity index (χ4v) is 5.60. The topological polar surface area (TPSA) is 88.9 Å². The Kier molecular flexibility index (Phi) is 4.57. The third-order valence-electron chi connectivity index (χ3n) is 6.50. The van der Waals surface area contributed by atoms with Crippen LogP contribution in [0.15, 0.2) is 71.5 Å². The maximum atomic E-state index is 12.4. The summed E-state index contributed by atoms with van der Waals surface area (Å²) >= 11 is 3.46. The molecule has 4 atom stereocenters. The van der Waals surface area contributed by atoms with E-state index in [0.717, 1.165) is 10.0 Å². The van der Waals surface area contributed by atoms with Crippen LogP contribution in [0.3, 0.4) is 0 Å². The Hall–Kier alpha value is -2.90. The van der Waals surface area contributed by atoms with Crippen LogP contribution in [-0.2, 0) is 16.0 Å². The molecular weight excluding hydrogens is 462 g/mol. The predicted molar refractivity (Wildman–Crippen MR) is 116 cm³/mol. The van der Waals surface area contributed by atoms with E-state index in [1.54, 1.807) is 6.20 Å². The molecule has 1 fully saturated rings. The van der Waals surface area contributed by atoms with Gasteiger partial charge in [0, 0.05) is 10.4 Å². The van der Waals surface area contributed by atoms with Crippen molar-refractivity contribution in [3.63, 3.8) is 0 Å². The summed E-state index contributed by atoms with van der Waals surface area (Å²) in [6.45, 7) is 0. The second-order valence-electron chi connectivity index (χ2n) is 7.96. The molecule has 1 saturated carbocycles. The monoisotopic (exact) mass is 481 g/mol. The quantitative estimate of drug-likeness (QED) is 0.579. The molecule has 0 radical (unpaired) electrons. The van der Waals surface area contributed by atoms with Crippen LogP contribution in [0.25, 0.3) is 0 Å². The van der Waals surface area contributed by atoms with Crippen LogP contribution in [0.2, 0.25) is 0 Å². The lowest BCUT2D eigenvalue weighted by Crippen LogP contribution is -2.48. The highest BCUT2D eigenvalue weighted by Gasteiger charge is 2.73. The van der Waals surface area contributed by atoms with Gasteiger partial charge >= 0.3 is 5.97 Å². The van der Waals surface area contributed by atoms with Gasteiger partial charge in [-0.15, -0.1) is 0 Å². The molecule has 0 amide bonds. The number of hydrogen-bond acceptors (Lipinski definition) is 5. The number of halogens is 1. The standard InChI is InChI=1S/C24H20BrNO5/c1-30-18-12-26-13-19-21(18)23(29)11-17(22(27)28)20(14-5-3-2-4-6-14)24(23,31-19)15-7-9-16(25)10-8-15/h2-10,12-13,17,20,29H,11H2,1H3,(H,27,28)/t17-,20+,23+,24-/m0/s1. The molecule has 2 aliphatic rings. The van der Waals surface area contributed by atoms with Crippen LogP contribution >= 0.6 is 15.9 Å². The number of ether oxygens (including phenoxy) is 2. The molecule has 5 rings (SSSR count). The molecule has 6 nitrogen and oxygen atoms in total. The number of methoxy groups -OCH3 is 1. The molecule has 31 heavy (non-hydrogen) atoms. The average Bonchev–Trinajstić information content (AvgIpc) is 3.19. The SMILES string of the molecule is COc1cncc2c1[C@]1(O)C[C@H](C(=O)O)[C@@H](c3ccccc3)[C@]1(c1ccc(Br)cc1)O2. The van der Waals surface area contributed by atoms with Gasteiger partial charge in [-0.25, -0.2) is 0 Å². The highest BCUT2D eigenvalue weighted by Crippen LogP contribution is 2.69. The molecule has 0 unspecified atom stereocenters.